The van der Waals surface area contributed by atoms with E-state index in [0.29, 0.717) is 0 Å². The van der Waals surface area contributed by atoms with E-state index in [1.165, 1.54) is 33.4 Å². The van der Waals surface area contributed by atoms with Crippen LogP contribution in [0.15, 0.2) is 0 Å². The fraction of sp³-hybridized carbons (Fsp3) is 0.800. The molecule has 36 heavy (non-hydrogen) atoms. The number of benzene rings is 1. The molecule has 0 saturated heterocycles. The van der Waals surface area contributed by atoms with Gasteiger partial charge in [0, 0.05) is 39.6 Å². The smallest absolute Gasteiger partial charge is 0.0431 e. The lowest BCUT2D eigenvalue weighted by molar-refractivity contribution is 0.282. The highest BCUT2D eigenvalue weighted by Gasteiger charge is 2.22. The number of hydrogen-bond acceptors (Lipinski definition) is 6. The molecule has 1 rings (SSSR count). The van der Waals surface area contributed by atoms with Gasteiger partial charge in [0.15, 0.2) is 0 Å². The van der Waals surface area contributed by atoms with Gasteiger partial charge >= 0.3 is 0 Å². The number of hydrogen-bond donors (Lipinski definition) is 6. The molecule has 0 aliphatic heterocycles. The van der Waals surface area contributed by atoms with E-state index in [4.69, 9.17) is 0 Å². The minimum atomic E-state index is 0.186. The van der Waals surface area contributed by atoms with Crippen molar-refractivity contribution in [3.8, 4) is 0 Å². The maximum absolute atomic E-state index is 9.47. The Labute approximate surface area is 219 Å². The minimum absolute atomic E-state index is 0.186. The van der Waals surface area contributed by atoms with Gasteiger partial charge in [-0.3, -0.25) is 0 Å². The van der Waals surface area contributed by atoms with Crippen LogP contribution in [0.3, 0.4) is 0 Å². The van der Waals surface area contributed by atoms with Crippen molar-refractivity contribution in [2.45, 2.75) is 116 Å². The van der Waals surface area contributed by atoms with Gasteiger partial charge in [0.2, 0.25) is 0 Å². The second-order valence-electron chi connectivity index (χ2n) is 9.96. The molecule has 1 aromatic rings. The first kappa shape index (κ1) is 33.0. The number of aliphatic hydroxyl groups excluding tert-OH is 6. The lowest BCUT2D eigenvalue weighted by Gasteiger charge is -2.28. The largest absolute Gasteiger partial charge is 0.396 e. The van der Waals surface area contributed by atoms with E-state index in [2.05, 4.69) is 0 Å². The van der Waals surface area contributed by atoms with Gasteiger partial charge < -0.3 is 30.6 Å². The Morgan fingerprint density at radius 1 is 0.222 bits per heavy atom. The van der Waals surface area contributed by atoms with Crippen LogP contribution in [-0.2, 0) is 38.5 Å². The summed E-state index contributed by atoms with van der Waals surface area (Å²) in [5.41, 5.74) is 8.43. The predicted molar refractivity (Wildman–Crippen MR) is 147 cm³/mol. The zero-order valence-corrected chi connectivity index (χ0v) is 22.7. The van der Waals surface area contributed by atoms with Crippen LogP contribution < -0.4 is 0 Å². The Kier molecular flexibility index (Phi) is 20.2. The molecule has 0 aliphatic rings. The summed E-state index contributed by atoms with van der Waals surface area (Å²) in [5, 5.41) is 56.8. The van der Waals surface area contributed by atoms with E-state index in [0.717, 1.165) is 116 Å². The van der Waals surface area contributed by atoms with Crippen molar-refractivity contribution in [2.75, 3.05) is 39.6 Å². The number of unbranched alkanes of at least 4 members (excludes halogenated alkanes) is 6. The van der Waals surface area contributed by atoms with Gasteiger partial charge in [-0.05, 0) is 149 Å². The summed E-state index contributed by atoms with van der Waals surface area (Å²) in [4.78, 5) is 0. The molecule has 0 spiro atoms. The van der Waals surface area contributed by atoms with Crippen LogP contribution in [0.4, 0.5) is 0 Å². The zero-order valence-electron chi connectivity index (χ0n) is 22.7. The van der Waals surface area contributed by atoms with E-state index < -0.39 is 0 Å². The first-order valence-electron chi connectivity index (χ1n) is 14.5. The van der Waals surface area contributed by atoms with Crippen LogP contribution in [0.25, 0.3) is 0 Å². The Morgan fingerprint density at radius 2 is 0.361 bits per heavy atom. The lowest BCUT2D eigenvalue weighted by atomic mass is 9.77. The molecule has 0 aromatic heterocycles. The van der Waals surface area contributed by atoms with E-state index in [9.17, 15) is 30.6 Å². The third-order valence-electron chi connectivity index (χ3n) is 7.20. The quantitative estimate of drug-likeness (QED) is 0.118. The van der Waals surface area contributed by atoms with Gasteiger partial charge in [0.1, 0.15) is 0 Å². The maximum Gasteiger partial charge on any atom is 0.0431 e. The van der Waals surface area contributed by atoms with Crippen LogP contribution in [0.1, 0.15) is 110 Å². The third kappa shape index (κ3) is 12.0. The molecule has 0 amide bonds. The predicted octanol–water partition coefficient (Wildman–Crippen LogP) is 3.58. The van der Waals surface area contributed by atoms with Crippen molar-refractivity contribution in [1.82, 2.24) is 0 Å². The van der Waals surface area contributed by atoms with Gasteiger partial charge in [-0.15, -0.1) is 0 Å². The maximum atomic E-state index is 9.47. The lowest BCUT2D eigenvalue weighted by Crippen LogP contribution is -2.16. The molecule has 6 N–H and O–H groups in total. The van der Waals surface area contributed by atoms with Gasteiger partial charge in [0.05, 0.1) is 0 Å². The van der Waals surface area contributed by atoms with Crippen LogP contribution in [0.2, 0.25) is 0 Å². The summed E-state index contributed by atoms with van der Waals surface area (Å²) in [6.45, 7) is 1.12. The molecule has 210 valence electrons. The summed E-state index contributed by atoms with van der Waals surface area (Å²) in [5.74, 6) is 0. The van der Waals surface area contributed by atoms with Crippen molar-refractivity contribution >= 4 is 0 Å². The average Bonchev–Trinajstić information content (AvgIpc) is 2.88. The molecule has 0 saturated carbocycles. The van der Waals surface area contributed by atoms with E-state index in [-0.39, 0.29) is 39.6 Å². The van der Waals surface area contributed by atoms with Crippen LogP contribution in [0.5, 0.6) is 0 Å². The molecule has 0 aliphatic carbocycles. The van der Waals surface area contributed by atoms with Crippen LogP contribution in [0, 0.1) is 0 Å². The summed E-state index contributed by atoms with van der Waals surface area (Å²) >= 11 is 0. The molecule has 0 bridgehead atoms. The molecule has 0 atom stereocenters. The SMILES string of the molecule is OCCCCc1c(CCCCO)c(CCCCO)c(CCCCO)c(CCCCO)c1CCCCO. The topological polar surface area (TPSA) is 121 Å². The molecule has 0 fully saturated rings. The highest BCUT2D eigenvalue weighted by atomic mass is 16.3. The van der Waals surface area contributed by atoms with Gasteiger partial charge in [0.25, 0.3) is 0 Å². The van der Waals surface area contributed by atoms with E-state index in [1.807, 2.05) is 0 Å². The first-order chi connectivity index (χ1) is 17.7. The number of aliphatic hydroxyl groups is 6. The van der Waals surface area contributed by atoms with Crippen molar-refractivity contribution in [1.29, 1.82) is 0 Å². The van der Waals surface area contributed by atoms with Gasteiger partial charge in [-0.25, -0.2) is 0 Å². The highest BCUT2D eigenvalue weighted by Crippen LogP contribution is 2.35. The Bertz CT molecular complexity index is 509. The van der Waals surface area contributed by atoms with Crippen LogP contribution in [-0.4, -0.2) is 70.3 Å². The average molecular weight is 511 g/mol. The van der Waals surface area contributed by atoms with Crippen molar-refractivity contribution < 1.29 is 30.6 Å². The van der Waals surface area contributed by atoms with Gasteiger partial charge in [-0.2, -0.15) is 0 Å². The standard InChI is InChI=1S/C30H54O6/c31-19-7-1-13-25-26(14-2-8-20-32)28(16-4-10-22-34)30(18-6-12-24-36)29(17-5-11-23-35)27(25)15-3-9-21-33/h31-36H,1-24H2. The van der Waals surface area contributed by atoms with Crippen LogP contribution >= 0.6 is 0 Å². The molecule has 0 heterocycles. The highest BCUT2D eigenvalue weighted by molar-refractivity contribution is 5.53. The molecular formula is C30H54O6. The fourth-order valence-electron chi connectivity index (χ4n) is 5.38. The first-order valence-corrected chi connectivity index (χ1v) is 14.5. The normalized spacial score (nSPS) is 11.5. The zero-order chi connectivity index (χ0) is 26.4. The second-order valence-corrected chi connectivity index (χ2v) is 9.96. The monoisotopic (exact) mass is 510 g/mol. The Balaban J connectivity index is 3.74. The number of rotatable bonds is 24. The third-order valence-corrected chi connectivity index (χ3v) is 7.20. The van der Waals surface area contributed by atoms with E-state index >= 15 is 0 Å². The van der Waals surface area contributed by atoms with Crippen molar-refractivity contribution in [2.24, 2.45) is 0 Å². The summed E-state index contributed by atoms with van der Waals surface area (Å²) in [7, 11) is 0. The fourth-order valence-corrected chi connectivity index (χ4v) is 5.38. The molecule has 0 unspecified atom stereocenters. The van der Waals surface area contributed by atoms with Crippen molar-refractivity contribution in [3.63, 3.8) is 0 Å². The summed E-state index contributed by atoms with van der Waals surface area (Å²) < 4.78 is 0. The molecule has 6 heteroatoms. The molecule has 6 nitrogen and oxygen atoms in total. The summed E-state index contributed by atoms with van der Waals surface area (Å²) in [6, 6.07) is 0. The minimum Gasteiger partial charge on any atom is -0.396 e. The second kappa shape index (κ2) is 22.0. The van der Waals surface area contributed by atoms with Gasteiger partial charge in [-0.1, -0.05) is 0 Å². The van der Waals surface area contributed by atoms with E-state index in [1.54, 1.807) is 0 Å². The van der Waals surface area contributed by atoms with Crippen molar-refractivity contribution in [3.05, 3.63) is 33.4 Å². The Morgan fingerprint density at radius 3 is 0.472 bits per heavy atom. The molecule has 1 aromatic carbocycles. The Hall–Kier alpha value is -1.02. The summed E-state index contributed by atoms with van der Waals surface area (Å²) in [6.07, 6.45) is 15.6. The molecular weight excluding hydrogens is 456 g/mol. The molecule has 0 radical (unpaired) electrons.